The third-order valence-electron chi connectivity index (χ3n) is 4.70. The van der Waals surface area contributed by atoms with Gasteiger partial charge in [-0.05, 0) is 61.9 Å². The van der Waals surface area contributed by atoms with E-state index in [0.717, 1.165) is 12.0 Å². The van der Waals surface area contributed by atoms with Crippen molar-refractivity contribution in [2.24, 2.45) is 0 Å². The highest BCUT2D eigenvalue weighted by Gasteiger charge is 2.19. The summed E-state index contributed by atoms with van der Waals surface area (Å²) in [4.78, 5) is 12.5. The zero-order valence-corrected chi connectivity index (χ0v) is 15.0. The maximum atomic E-state index is 12.5. The maximum Gasteiger partial charge on any atom is 0.261 e. The molecule has 0 bridgehead atoms. The Labute approximate surface area is 149 Å². The first kappa shape index (κ1) is 17.3. The predicted molar refractivity (Wildman–Crippen MR) is 98.1 cm³/mol. The quantitative estimate of drug-likeness (QED) is 0.870. The van der Waals surface area contributed by atoms with Crippen molar-refractivity contribution in [3.8, 4) is 11.5 Å². The number of ether oxygens (including phenoxy) is 2. The molecule has 0 saturated heterocycles. The molecule has 1 aliphatic rings. The van der Waals surface area contributed by atoms with Crippen LogP contribution in [0.2, 0.25) is 0 Å². The van der Waals surface area contributed by atoms with Crippen LogP contribution in [0.1, 0.15) is 43.0 Å². The number of carbonyl (C=O) groups is 1. The molecule has 4 heteroatoms. The predicted octanol–water partition coefficient (Wildman–Crippen LogP) is 3.83. The summed E-state index contributed by atoms with van der Waals surface area (Å²) in [7, 11) is 1.60. The number of amides is 1. The average Bonchev–Trinajstić information content (AvgIpc) is 3.09. The van der Waals surface area contributed by atoms with Crippen molar-refractivity contribution in [3.05, 3.63) is 59.2 Å². The highest BCUT2D eigenvalue weighted by molar-refractivity contribution is 5.81. The maximum absolute atomic E-state index is 12.5. The molecule has 0 unspecified atom stereocenters. The van der Waals surface area contributed by atoms with Crippen molar-refractivity contribution >= 4 is 5.91 Å². The van der Waals surface area contributed by atoms with Gasteiger partial charge >= 0.3 is 0 Å². The number of benzene rings is 2. The van der Waals surface area contributed by atoms with Gasteiger partial charge in [-0.1, -0.05) is 24.3 Å². The molecule has 0 fully saturated rings. The smallest absolute Gasteiger partial charge is 0.261 e. The summed E-state index contributed by atoms with van der Waals surface area (Å²) < 4.78 is 10.9. The number of fused-ring (bicyclic) bond motifs is 1. The normalized spacial score (nSPS) is 15.2. The van der Waals surface area contributed by atoms with Gasteiger partial charge in [-0.2, -0.15) is 0 Å². The van der Waals surface area contributed by atoms with Gasteiger partial charge in [0.1, 0.15) is 11.5 Å². The van der Waals surface area contributed by atoms with E-state index in [4.69, 9.17) is 9.47 Å². The molecule has 0 aromatic heterocycles. The van der Waals surface area contributed by atoms with E-state index in [-0.39, 0.29) is 11.9 Å². The Morgan fingerprint density at radius 2 is 1.80 bits per heavy atom. The molecule has 0 spiro atoms. The Bertz CT molecular complexity index is 757. The van der Waals surface area contributed by atoms with E-state index in [9.17, 15) is 4.79 Å². The Balaban J connectivity index is 1.60. The molecule has 3 rings (SSSR count). The van der Waals surface area contributed by atoms with Gasteiger partial charge in [0.05, 0.1) is 13.2 Å². The summed E-state index contributed by atoms with van der Waals surface area (Å²) in [5.41, 5.74) is 4.00. The molecule has 132 valence electrons. The summed E-state index contributed by atoms with van der Waals surface area (Å²) in [6.45, 7) is 3.76. The Morgan fingerprint density at radius 3 is 2.60 bits per heavy atom. The third-order valence-corrected chi connectivity index (χ3v) is 4.70. The first-order chi connectivity index (χ1) is 12.1. The van der Waals surface area contributed by atoms with E-state index in [0.29, 0.717) is 11.5 Å². The molecule has 0 radical (unpaired) electrons. The molecule has 2 aromatic rings. The fraction of sp³-hybridized carbons (Fsp3) is 0.381. The van der Waals surface area contributed by atoms with Gasteiger partial charge in [-0.15, -0.1) is 0 Å². The van der Waals surface area contributed by atoms with Gasteiger partial charge < -0.3 is 14.8 Å². The molecule has 25 heavy (non-hydrogen) atoms. The minimum absolute atomic E-state index is 0.0465. The lowest BCUT2D eigenvalue weighted by Gasteiger charge is -2.20. The van der Waals surface area contributed by atoms with E-state index in [1.54, 1.807) is 20.1 Å². The summed E-state index contributed by atoms with van der Waals surface area (Å²) in [5.74, 6) is 1.19. The van der Waals surface area contributed by atoms with Crippen molar-refractivity contribution in [3.63, 3.8) is 0 Å². The Kier molecular flexibility index (Phi) is 5.27. The minimum atomic E-state index is -0.580. The van der Waals surface area contributed by atoms with Gasteiger partial charge in [0.2, 0.25) is 0 Å². The lowest BCUT2D eigenvalue weighted by atomic mass is 10.0. The average molecular weight is 339 g/mol. The highest BCUT2D eigenvalue weighted by Crippen LogP contribution is 2.25. The van der Waals surface area contributed by atoms with Crippen LogP contribution < -0.4 is 14.8 Å². The molecule has 4 nitrogen and oxygen atoms in total. The van der Waals surface area contributed by atoms with Crippen LogP contribution in [0.3, 0.4) is 0 Å². The number of carbonyl (C=O) groups excluding carboxylic acids is 1. The van der Waals surface area contributed by atoms with Crippen molar-refractivity contribution in [2.45, 2.75) is 45.3 Å². The van der Waals surface area contributed by atoms with Gasteiger partial charge in [0.15, 0.2) is 6.10 Å². The Hall–Kier alpha value is -2.49. The fourth-order valence-electron chi connectivity index (χ4n) is 3.21. The van der Waals surface area contributed by atoms with E-state index in [2.05, 4.69) is 23.5 Å². The summed E-state index contributed by atoms with van der Waals surface area (Å²) in [6.07, 6.45) is 2.95. The molecule has 1 amide bonds. The molecule has 1 N–H and O–H groups in total. The molecule has 2 atom stereocenters. The van der Waals surface area contributed by atoms with Gasteiger partial charge in [0, 0.05) is 6.07 Å². The first-order valence-corrected chi connectivity index (χ1v) is 8.79. The van der Waals surface area contributed by atoms with Crippen LogP contribution in [0.5, 0.6) is 11.5 Å². The number of rotatable bonds is 6. The Morgan fingerprint density at radius 1 is 1.04 bits per heavy atom. The first-order valence-electron chi connectivity index (χ1n) is 8.79. The van der Waals surface area contributed by atoms with Crippen LogP contribution >= 0.6 is 0 Å². The van der Waals surface area contributed by atoms with Crippen LogP contribution in [0.25, 0.3) is 0 Å². The topological polar surface area (TPSA) is 47.6 Å². The summed E-state index contributed by atoms with van der Waals surface area (Å²) in [6, 6.07) is 13.7. The monoisotopic (exact) mass is 339 g/mol. The zero-order chi connectivity index (χ0) is 17.8. The molecule has 1 aliphatic carbocycles. The number of aryl methyl sites for hydroxylation is 2. The van der Waals surface area contributed by atoms with Crippen molar-refractivity contribution in [1.82, 2.24) is 5.32 Å². The molecular formula is C21H25NO3. The molecule has 2 aromatic carbocycles. The van der Waals surface area contributed by atoms with Crippen LogP contribution in [0, 0.1) is 0 Å². The molecular weight excluding hydrogens is 314 g/mol. The summed E-state index contributed by atoms with van der Waals surface area (Å²) >= 11 is 0. The number of nitrogens with one attached hydrogen (secondary N) is 1. The fourth-order valence-corrected chi connectivity index (χ4v) is 3.21. The lowest BCUT2D eigenvalue weighted by molar-refractivity contribution is -0.127. The molecule has 0 aliphatic heterocycles. The van der Waals surface area contributed by atoms with Gasteiger partial charge in [-0.3, -0.25) is 4.79 Å². The second-order valence-electron chi connectivity index (χ2n) is 6.55. The van der Waals surface area contributed by atoms with Crippen molar-refractivity contribution < 1.29 is 14.3 Å². The second kappa shape index (κ2) is 7.60. The van der Waals surface area contributed by atoms with Gasteiger partial charge in [-0.25, -0.2) is 0 Å². The molecule has 0 saturated carbocycles. The van der Waals surface area contributed by atoms with E-state index >= 15 is 0 Å². The van der Waals surface area contributed by atoms with Crippen LogP contribution in [0.4, 0.5) is 0 Å². The standard InChI is InChI=1S/C21H25NO3/c1-14(17-11-10-16-6-4-7-18(16)12-17)22-21(23)15(2)25-20-9-5-8-19(13-20)24-3/h5,8-15H,4,6-7H2,1-3H3,(H,22,23)/t14-,15+/m0/s1. The van der Waals surface area contributed by atoms with Crippen LogP contribution in [-0.4, -0.2) is 19.1 Å². The van der Waals surface area contributed by atoms with E-state index in [1.807, 2.05) is 25.1 Å². The minimum Gasteiger partial charge on any atom is -0.497 e. The lowest BCUT2D eigenvalue weighted by Crippen LogP contribution is -2.37. The van der Waals surface area contributed by atoms with Crippen LogP contribution in [-0.2, 0) is 17.6 Å². The number of hydrogen-bond acceptors (Lipinski definition) is 3. The second-order valence-corrected chi connectivity index (χ2v) is 6.55. The molecule has 0 heterocycles. The zero-order valence-electron chi connectivity index (χ0n) is 15.0. The highest BCUT2D eigenvalue weighted by atomic mass is 16.5. The SMILES string of the molecule is COc1cccc(O[C@H](C)C(=O)N[C@@H](C)c2ccc3c(c2)CCC3)c1. The van der Waals surface area contributed by atoms with Gasteiger partial charge in [0.25, 0.3) is 5.91 Å². The van der Waals surface area contributed by atoms with Crippen molar-refractivity contribution in [1.29, 1.82) is 0 Å². The number of methoxy groups -OCH3 is 1. The third kappa shape index (κ3) is 4.13. The summed E-state index contributed by atoms with van der Waals surface area (Å²) in [5, 5.41) is 3.04. The van der Waals surface area contributed by atoms with Crippen molar-refractivity contribution in [2.75, 3.05) is 7.11 Å². The van der Waals surface area contributed by atoms with Crippen LogP contribution in [0.15, 0.2) is 42.5 Å². The number of hydrogen-bond donors (Lipinski definition) is 1. The van der Waals surface area contributed by atoms with E-state index < -0.39 is 6.10 Å². The largest absolute Gasteiger partial charge is 0.497 e. The van der Waals surface area contributed by atoms with E-state index in [1.165, 1.54) is 24.0 Å².